The Morgan fingerprint density at radius 1 is 0.884 bits per heavy atom. The van der Waals surface area contributed by atoms with Gasteiger partial charge >= 0.3 is 0 Å². The zero-order chi connectivity index (χ0) is 30.5. The van der Waals surface area contributed by atoms with Crippen molar-refractivity contribution < 1.29 is 23.8 Å². The molecule has 1 aromatic heterocycles. The number of nitrogens with zero attached hydrogens (tertiary/aromatic N) is 4. The van der Waals surface area contributed by atoms with Gasteiger partial charge in [-0.25, -0.2) is 4.68 Å². The molecule has 0 fully saturated rings. The van der Waals surface area contributed by atoms with E-state index in [0.29, 0.717) is 40.5 Å². The topological polar surface area (TPSA) is 107 Å². The van der Waals surface area contributed by atoms with Gasteiger partial charge in [-0.1, -0.05) is 30.3 Å². The number of aromatic nitrogens is 2. The number of carbonyl (C=O) groups excluding carboxylic acids is 2. The summed E-state index contributed by atoms with van der Waals surface area (Å²) in [6, 6.07) is 24.5. The molecular formula is C34H30N4O5. The highest BCUT2D eigenvalue weighted by Crippen LogP contribution is 2.35. The fourth-order valence-corrected chi connectivity index (χ4v) is 4.94. The molecule has 0 saturated carbocycles. The molecule has 0 unspecified atom stereocenters. The predicted molar refractivity (Wildman–Crippen MR) is 162 cm³/mol. The van der Waals surface area contributed by atoms with Crippen LogP contribution >= 0.6 is 0 Å². The van der Waals surface area contributed by atoms with E-state index in [4.69, 9.17) is 19.3 Å². The quantitative estimate of drug-likeness (QED) is 0.195. The number of amides is 2. The summed E-state index contributed by atoms with van der Waals surface area (Å²) in [5, 5.41) is 14.8. The van der Waals surface area contributed by atoms with Crippen LogP contribution in [0.3, 0.4) is 0 Å². The summed E-state index contributed by atoms with van der Waals surface area (Å²) in [4.78, 5) is 28.2. The monoisotopic (exact) mass is 574 g/mol. The number of benzene rings is 3. The largest absolute Gasteiger partial charge is 0.497 e. The van der Waals surface area contributed by atoms with Crippen LogP contribution in [-0.4, -0.2) is 54.4 Å². The number of carbonyl (C=O) groups is 2. The Balaban J connectivity index is 1.59. The highest BCUT2D eigenvalue weighted by atomic mass is 16.5. The zero-order valence-corrected chi connectivity index (χ0v) is 24.3. The van der Waals surface area contributed by atoms with Crippen LogP contribution in [0.5, 0.6) is 17.2 Å². The lowest BCUT2D eigenvalue weighted by molar-refractivity contribution is -0.140. The van der Waals surface area contributed by atoms with Crippen molar-refractivity contribution in [3.63, 3.8) is 0 Å². The fourth-order valence-electron chi connectivity index (χ4n) is 4.94. The molecule has 3 aromatic carbocycles. The lowest BCUT2D eigenvalue weighted by atomic mass is 9.93. The SMILES string of the molecule is COc1ccc(CCN2C(=O)C(C#N)=C(C)/C(=C\c3cn(-c4ccccc4)nc3-c3ccc(OC)c(OC)c3)C2=O)cc1. The summed E-state index contributed by atoms with van der Waals surface area (Å²) in [7, 11) is 4.71. The number of rotatable bonds is 9. The number of methoxy groups -OCH3 is 3. The van der Waals surface area contributed by atoms with Gasteiger partial charge in [-0.15, -0.1) is 0 Å². The molecule has 0 atom stereocenters. The van der Waals surface area contributed by atoms with Crippen molar-refractivity contribution in [2.24, 2.45) is 0 Å². The Morgan fingerprint density at radius 3 is 2.26 bits per heavy atom. The average molecular weight is 575 g/mol. The molecule has 0 radical (unpaired) electrons. The zero-order valence-electron chi connectivity index (χ0n) is 24.3. The Morgan fingerprint density at radius 2 is 1.60 bits per heavy atom. The highest BCUT2D eigenvalue weighted by molar-refractivity contribution is 6.19. The molecule has 0 N–H and O–H groups in total. The minimum absolute atomic E-state index is 0.0660. The lowest BCUT2D eigenvalue weighted by Crippen LogP contribution is -2.43. The van der Waals surface area contributed by atoms with Gasteiger partial charge in [-0.05, 0) is 73.0 Å². The van der Waals surface area contributed by atoms with E-state index < -0.39 is 11.8 Å². The molecular weight excluding hydrogens is 544 g/mol. The first-order valence-electron chi connectivity index (χ1n) is 13.6. The van der Waals surface area contributed by atoms with Gasteiger partial charge in [-0.3, -0.25) is 14.5 Å². The minimum atomic E-state index is -0.601. The summed E-state index contributed by atoms with van der Waals surface area (Å²) in [5.41, 5.74) is 4.20. The first kappa shape index (κ1) is 28.9. The highest BCUT2D eigenvalue weighted by Gasteiger charge is 2.35. The van der Waals surface area contributed by atoms with E-state index in [1.165, 1.54) is 0 Å². The molecule has 9 nitrogen and oxygen atoms in total. The number of ether oxygens (including phenoxy) is 3. The van der Waals surface area contributed by atoms with Crippen molar-refractivity contribution in [3.05, 3.63) is 107 Å². The second kappa shape index (κ2) is 12.5. The smallest absolute Gasteiger partial charge is 0.271 e. The molecule has 43 heavy (non-hydrogen) atoms. The maximum Gasteiger partial charge on any atom is 0.271 e. The standard InChI is InChI=1S/C34H30N4O5/c1-22-28(33(39)37(34(40)29(22)20-35)17-16-23-10-13-27(41-2)14-11-23)18-25-21-38(26-8-6-5-7-9-26)36-32(25)24-12-15-30(42-3)31(19-24)43-4/h5-15,18-19,21H,16-17H2,1-4H3/b28-18+. The van der Waals surface area contributed by atoms with Gasteiger partial charge in [0.1, 0.15) is 23.1 Å². The molecule has 0 spiro atoms. The molecule has 5 rings (SSSR count). The number of nitriles is 1. The van der Waals surface area contributed by atoms with Gasteiger partial charge < -0.3 is 14.2 Å². The summed E-state index contributed by atoms with van der Waals surface area (Å²) in [6.45, 7) is 1.74. The molecule has 2 amide bonds. The van der Waals surface area contributed by atoms with Crippen LogP contribution in [0.2, 0.25) is 0 Å². The van der Waals surface area contributed by atoms with E-state index in [9.17, 15) is 14.9 Å². The van der Waals surface area contributed by atoms with E-state index in [2.05, 4.69) is 0 Å². The van der Waals surface area contributed by atoms with Crippen LogP contribution in [0.4, 0.5) is 0 Å². The third-order valence-electron chi connectivity index (χ3n) is 7.33. The van der Waals surface area contributed by atoms with Crippen LogP contribution in [0.25, 0.3) is 23.0 Å². The number of hydrogen-bond acceptors (Lipinski definition) is 7. The molecule has 0 bridgehead atoms. The van der Waals surface area contributed by atoms with Crippen molar-refractivity contribution in [1.82, 2.24) is 14.7 Å². The first-order chi connectivity index (χ1) is 20.9. The first-order valence-corrected chi connectivity index (χ1v) is 13.6. The number of imide groups is 1. The van der Waals surface area contributed by atoms with Gasteiger partial charge in [0.15, 0.2) is 11.5 Å². The number of hydrogen-bond donors (Lipinski definition) is 0. The van der Waals surface area contributed by atoms with Gasteiger partial charge in [0, 0.05) is 29.4 Å². The fraction of sp³-hybridized carbons (Fsp3) is 0.176. The molecule has 216 valence electrons. The van der Waals surface area contributed by atoms with Crippen LogP contribution in [-0.2, 0) is 16.0 Å². The Bertz CT molecular complexity index is 1780. The molecule has 0 saturated heterocycles. The molecule has 0 aliphatic carbocycles. The van der Waals surface area contributed by atoms with Crippen molar-refractivity contribution >= 4 is 17.9 Å². The van der Waals surface area contributed by atoms with Gasteiger partial charge in [0.05, 0.1) is 27.0 Å². The summed E-state index contributed by atoms with van der Waals surface area (Å²) in [5.74, 6) is 0.738. The summed E-state index contributed by atoms with van der Waals surface area (Å²) in [6.07, 6.45) is 3.94. The van der Waals surface area contributed by atoms with Gasteiger partial charge in [-0.2, -0.15) is 10.4 Å². The van der Waals surface area contributed by atoms with Crippen LogP contribution in [0.1, 0.15) is 18.1 Å². The molecule has 2 heterocycles. The van der Waals surface area contributed by atoms with Gasteiger partial charge in [0.2, 0.25) is 0 Å². The third kappa shape index (κ3) is 5.76. The summed E-state index contributed by atoms with van der Waals surface area (Å²) < 4.78 is 17.9. The van der Waals surface area contributed by atoms with E-state index >= 15 is 0 Å². The third-order valence-corrected chi connectivity index (χ3v) is 7.33. The second-order valence-electron chi connectivity index (χ2n) is 9.81. The minimum Gasteiger partial charge on any atom is -0.497 e. The van der Waals surface area contributed by atoms with Crippen molar-refractivity contribution in [3.8, 4) is 40.3 Å². The van der Waals surface area contributed by atoms with Crippen LogP contribution in [0.15, 0.2) is 95.7 Å². The molecule has 4 aromatic rings. The maximum atomic E-state index is 13.9. The number of para-hydroxylation sites is 1. The van der Waals surface area contributed by atoms with Crippen LogP contribution < -0.4 is 14.2 Å². The van der Waals surface area contributed by atoms with Crippen molar-refractivity contribution in [2.45, 2.75) is 13.3 Å². The average Bonchev–Trinajstić information content (AvgIpc) is 3.47. The normalized spacial score (nSPS) is 14.2. The van der Waals surface area contributed by atoms with E-state index in [-0.39, 0.29) is 17.7 Å². The Hall–Kier alpha value is -5.62. The summed E-state index contributed by atoms with van der Waals surface area (Å²) >= 11 is 0. The second-order valence-corrected chi connectivity index (χ2v) is 9.81. The van der Waals surface area contributed by atoms with E-state index in [1.54, 1.807) is 45.1 Å². The van der Waals surface area contributed by atoms with Gasteiger partial charge in [0.25, 0.3) is 11.8 Å². The predicted octanol–water partition coefficient (Wildman–Crippen LogP) is 5.40. The molecule has 1 aliphatic heterocycles. The van der Waals surface area contributed by atoms with Crippen LogP contribution in [0, 0.1) is 11.3 Å². The van der Waals surface area contributed by atoms with E-state index in [1.807, 2.05) is 79.0 Å². The lowest BCUT2D eigenvalue weighted by Gasteiger charge is -2.27. The van der Waals surface area contributed by atoms with Crippen molar-refractivity contribution in [2.75, 3.05) is 27.9 Å². The maximum absolute atomic E-state index is 13.9. The Labute approximate surface area is 249 Å². The molecule has 1 aliphatic rings. The van der Waals surface area contributed by atoms with Crippen molar-refractivity contribution in [1.29, 1.82) is 5.26 Å². The van der Waals surface area contributed by atoms with E-state index in [0.717, 1.165) is 21.7 Å². The Kier molecular flexibility index (Phi) is 8.39. The molecule has 9 heteroatoms.